The van der Waals surface area contributed by atoms with E-state index >= 15 is 0 Å². The molecule has 108 valence electrons. The number of para-hydroxylation sites is 1. The number of hydrogen-bond donors (Lipinski definition) is 1. The van der Waals surface area contributed by atoms with E-state index < -0.39 is 0 Å². The van der Waals surface area contributed by atoms with Gasteiger partial charge in [0.2, 0.25) is 0 Å². The molecule has 0 saturated carbocycles. The van der Waals surface area contributed by atoms with E-state index in [1.807, 2.05) is 24.0 Å². The normalized spacial score (nSPS) is 12.6. The lowest BCUT2D eigenvalue weighted by atomic mass is 10.0. The van der Waals surface area contributed by atoms with Crippen LogP contribution >= 0.6 is 11.3 Å². The van der Waals surface area contributed by atoms with Crippen molar-refractivity contribution in [3.05, 3.63) is 58.7 Å². The Morgan fingerprint density at radius 2 is 2.14 bits per heavy atom. The van der Waals surface area contributed by atoms with Gasteiger partial charge in [-0.2, -0.15) is 0 Å². The predicted octanol–water partition coefficient (Wildman–Crippen LogP) is 3.97. The van der Waals surface area contributed by atoms with Gasteiger partial charge in [-0.05, 0) is 37.1 Å². The molecule has 0 spiro atoms. The third-order valence-electron chi connectivity index (χ3n) is 3.60. The molecule has 0 saturated heterocycles. The van der Waals surface area contributed by atoms with E-state index in [1.54, 1.807) is 11.3 Å². The number of nitrogens with zero attached hydrogens (tertiary/aromatic N) is 2. The molecular formula is C17H19N3S. The van der Waals surface area contributed by atoms with Gasteiger partial charge in [0.15, 0.2) is 0 Å². The van der Waals surface area contributed by atoms with Crippen LogP contribution in [0.1, 0.15) is 29.8 Å². The minimum atomic E-state index is 0.322. The zero-order valence-electron chi connectivity index (χ0n) is 12.1. The quantitative estimate of drug-likeness (QED) is 0.748. The van der Waals surface area contributed by atoms with E-state index in [4.69, 9.17) is 0 Å². The van der Waals surface area contributed by atoms with Crippen molar-refractivity contribution in [3.8, 4) is 0 Å². The molecule has 3 nitrogen and oxygen atoms in total. The van der Waals surface area contributed by atoms with E-state index in [2.05, 4.69) is 46.5 Å². The van der Waals surface area contributed by atoms with E-state index in [9.17, 15) is 0 Å². The van der Waals surface area contributed by atoms with Crippen LogP contribution < -0.4 is 5.32 Å². The Balaban J connectivity index is 1.90. The number of aromatic nitrogens is 2. The van der Waals surface area contributed by atoms with Crippen LogP contribution in [0.3, 0.4) is 0 Å². The highest BCUT2D eigenvalue weighted by Crippen LogP contribution is 2.25. The van der Waals surface area contributed by atoms with Crippen LogP contribution in [-0.4, -0.2) is 16.5 Å². The summed E-state index contributed by atoms with van der Waals surface area (Å²) in [5, 5.41) is 4.88. The maximum absolute atomic E-state index is 4.44. The van der Waals surface area contributed by atoms with Crippen molar-refractivity contribution >= 4 is 22.2 Å². The maximum atomic E-state index is 4.44. The largest absolute Gasteiger partial charge is 0.309 e. The smallest absolute Gasteiger partial charge is 0.0794 e. The Labute approximate surface area is 129 Å². The second-order valence-electron chi connectivity index (χ2n) is 5.10. The lowest BCUT2D eigenvalue weighted by Crippen LogP contribution is -2.23. The first kappa shape index (κ1) is 14.2. The number of nitrogens with one attached hydrogen (secondary N) is 1. The van der Waals surface area contributed by atoms with Gasteiger partial charge in [0.1, 0.15) is 0 Å². The van der Waals surface area contributed by atoms with Crippen LogP contribution in [0.4, 0.5) is 0 Å². The number of pyridine rings is 1. The van der Waals surface area contributed by atoms with Crippen molar-refractivity contribution in [2.75, 3.05) is 6.54 Å². The first-order valence-corrected chi connectivity index (χ1v) is 8.21. The molecular weight excluding hydrogens is 278 g/mol. The first-order valence-electron chi connectivity index (χ1n) is 7.33. The predicted molar refractivity (Wildman–Crippen MR) is 88.6 cm³/mol. The summed E-state index contributed by atoms with van der Waals surface area (Å²) in [5.74, 6) is 0. The number of rotatable bonds is 6. The van der Waals surface area contributed by atoms with Crippen molar-refractivity contribution in [3.63, 3.8) is 0 Å². The molecule has 0 amide bonds. The molecule has 1 atom stereocenters. The molecule has 2 heterocycles. The maximum Gasteiger partial charge on any atom is 0.0794 e. The van der Waals surface area contributed by atoms with Crippen molar-refractivity contribution in [1.29, 1.82) is 0 Å². The topological polar surface area (TPSA) is 37.8 Å². The lowest BCUT2D eigenvalue weighted by molar-refractivity contribution is 0.537. The molecule has 21 heavy (non-hydrogen) atoms. The third kappa shape index (κ3) is 3.28. The fourth-order valence-corrected chi connectivity index (χ4v) is 3.24. The molecule has 4 heteroatoms. The summed E-state index contributed by atoms with van der Waals surface area (Å²) < 4.78 is 0. The summed E-state index contributed by atoms with van der Waals surface area (Å²) in [6.07, 6.45) is 5.97. The monoisotopic (exact) mass is 297 g/mol. The summed E-state index contributed by atoms with van der Waals surface area (Å²) in [6.45, 7) is 3.21. The molecule has 2 aromatic heterocycles. The van der Waals surface area contributed by atoms with Crippen molar-refractivity contribution in [2.45, 2.75) is 25.8 Å². The molecule has 3 aromatic rings. The molecule has 1 unspecified atom stereocenters. The minimum Gasteiger partial charge on any atom is -0.309 e. The average molecular weight is 297 g/mol. The Morgan fingerprint density at radius 1 is 1.24 bits per heavy atom. The van der Waals surface area contributed by atoms with Gasteiger partial charge in [0.05, 0.1) is 11.0 Å². The molecule has 0 radical (unpaired) electrons. The van der Waals surface area contributed by atoms with E-state index in [-0.39, 0.29) is 0 Å². The summed E-state index contributed by atoms with van der Waals surface area (Å²) in [7, 11) is 0. The number of fused-ring (bicyclic) bond motifs is 1. The Morgan fingerprint density at radius 3 is 2.95 bits per heavy atom. The van der Waals surface area contributed by atoms with Gasteiger partial charge in [-0.25, -0.2) is 0 Å². The van der Waals surface area contributed by atoms with Crippen LogP contribution in [0.25, 0.3) is 10.9 Å². The van der Waals surface area contributed by atoms with Crippen LogP contribution in [0.5, 0.6) is 0 Å². The SMILES string of the molecule is CCCNC(Cc1ccnc2ccccc12)c1cncs1. The molecule has 0 bridgehead atoms. The van der Waals surface area contributed by atoms with Crippen molar-refractivity contribution in [1.82, 2.24) is 15.3 Å². The molecule has 3 rings (SSSR count). The van der Waals surface area contributed by atoms with Gasteiger partial charge in [-0.1, -0.05) is 25.1 Å². The zero-order valence-corrected chi connectivity index (χ0v) is 12.9. The van der Waals surface area contributed by atoms with Crippen LogP contribution in [0, 0.1) is 0 Å². The summed E-state index contributed by atoms with van der Waals surface area (Å²) in [6, 6.07) is 10.8. The second kappa shape index (κ2) is 6.78. The highest BCUT2D eigenvalue weighted by molar-refractivity contribution is 7.09. The minimum absolute atomic E-state index is 0.322. The zero-order chi connectivity index (χ0) is 14.5. The highest BCUT2D eigenvalue weighted by Gasteiger charge is 2.14. The molecule has 0 aliphatic rings. The number of thiazole rings is 1. The van der Waals surface area contributed by atoms with Gasteiger partial charge < -0.3 is 5.32 Å². The Hall–Kier alpha value is -1.78. The van der Waals surface area contributed by atoms with Gasteiger partial charge in [0, 0.05) is 28.7 Å². The molecule has 1 N–H and O–H groups in total. The molecule has 0 aliphatic carbocycles. The van der Waals surface area contributed by atoms with Crippen LogP contribution in [0.15, 0.2) is 48.2 Å². The van der Waals surface area contributed by atoms with Gasteiger partial charge in [-0.15, -0.1) is 11.3 Å². The van der Waals surface area contributed by atoms with Crippen LogP contribution in [0.2, 0.25) is 0 Å². The summed E-state index contributed by atoms with van der Waals surface area (Å²) in [4.78, 5) is 9.96. The van der Waals surface area contributed by atoms with Gasteiger partial charge >= 0.3 is 0 Å². The molecule has 0 aliphatic heterocycles. The third-order valence-corrected chi connectivity index (χ3v) is 4.49. The standard InChI is InChI=1S/C17H19N3S/c1-2-8-19-16(17-11-18-12-21-17)10-13-7-9-20-15-6-4-3-5-14(13)15/h3-7,9,11-12,16,19H,2,8,10H2,1H3. The fourth-order valence-electron chi connectivity index (χ4n) is 2.54. The second-order valence-corrected chi connectivity index (χ2v) is 6.02. The molecule has 1 aromatic carbocycles. The van der Waals surface area contributed by atoms with E-state index in [0.717, 1.165) is 24.9 Å². The first-order chi connectivity index (χ1) is 10.4. The van der Waals surface area contributed by atoms with E-state index in [1.165, 1.54) is 15.8 Å². The van der Waals surface area contributed by atoms with Crippen LogP contribution in [-0.2, 0) is 6.42 Å². The highest BCUT2D eigenvalue weighted by atomic mass is 32.1. The molecule has 0 fully saturated rings. The van der Waals surface area contributed by atoms with Gasteiger partial charge in [-0.3, -0.25) is 9.97 Å². The average Bonchev–Trinajstić information content (AvgIpc) is 3.06. The fraction of sp³-hybridized carbons (Fsp3) is 0.294. The summed E-state index contributed by atoms with van der Waals surface area (Å²) >= 11 is 1.72. The van der Waals surface area contributed by atoms with E-state index in [0.29, 0.717) is 6.04 Å². The van der Waals surface area contributed by atoms with Gasteiger partial charge in [0.25, 0.3) is 0 Å². The summed E-state index contributed by atoms with van der Waals surface area (Å²) in [5.41, 5.74) is 4.30. The Kier molecular flexibility index (Phi) is 4.58. The lowest BCUT2D eigenvalue weighted by Gasteiger charge is -2.17. The van der Waals surface area contributed by atoms with Crippen molar-refractivity contribution in [2.24, 2.45) is 0 Å². The number of hydrogen-bond acceptors (Lipinski definition) is 4. The number of benzene rings is 1. The van der Waals surface area contributed by atoms with Crippen molar-refractivity contribution < 1.29 is 0 Å². The Bertz CT molecular complexity index is 689.